The number of hydrogen-bond acceptors (Lipinski definition) is 1. The molecule has 0 aliphatic heterocycles. The second-order valence-electron chi connectivity index (χ2n) is 3.89. The van der Waals surface area contributed by atoms with Crippen LogP contribution in [0.1, 0.15) is 58.8 Å². The molecule has 0 radical (unpaired) electrons. The summed E-state index contributed by atoms with van der Waals surface area (Å²) in [7, 11) is 0. The molecule has 0 aliphatic rings. The molecule has 0 aromatic heterocycles. The quantitative estimate of drug-likeness (QED) is 0.557. The standard InChI is InChI=1S/C11H25N/c1-3-4-5-6-7-8-11(2)9-10-12/h11H,3-10,12H2,1-2H3/t11-/m1/s1. The maximum absolute atomic E-state index is 5.48. The first-order chi connectivity index (χ1) is 5.81. The van der Waals surface area contributed by atoms with Crippen molar-refractivity contribution in [1.82, 2.24) is 0 Å². The lowest BCUT2D eigenvalue weighted by Gasteiger charge is -2.08. The summed E-state index contributed by atoms with van der Waals surface area (Å²) in [6.45, 7) is 5.43. The molecule has 0 aromatic rings. The van der Waals surface area contributed by atoms with E-state index in [1.54, 1.807) is 0 Å². The van der Waals surface area contributed by atoms with Crippen molar-refractivity contribution in [2.24, 2.45) is 11.7 Å². The molecule has 1 heteroatoms. The number of hydrogen-bond donors (Lipinski definition) is 1. The third kappa shape index (κ3) is 8.06. The summed E-state index contributed by atoms with van der Waals surface area (Å²) in [6, 6.07) is 0. The Hall–Kier alpha value is -0.0400. The van der Waals surface area contributed by atoms with E-state index < -0.39 is 0 Å². The van der Waals surface area contributed by atoms with Crippen LogP contribution in [0.25, 0.3) is 0 Å². The molecule has 0 heterocycles. The van der Waals surface area contributed by atoms with Crippen molar-refractivity contribution in [2.45, 2.75) is 58.8 Å². The van der Waals surface area contributed by atoms with Gasteiger partial charge in [-0.15, -0.1) is 0 Å². The van der Waals surface area contributed by atoms with Gasteiger partial charge < -0.3 is 5.73 Å². The SMILES string of the molecule is CCCCCCC[C@@H](C)CCN. The number of nitrogens with two attached hydrogens (primary N) is 1. The maximum atomic E-state index is 5.48. The smallest absolute Gasteiger partial charge is 0.00747 e. The second kappa shape index (κ2) is 9.05. The zero-order valence-corrected chi connectivity index (χ0v) is 8.81. The topological polar surface area (TPSA) is 26.0 Å². The van der Waals surface area contributed by atoms with Crippen LogP contribution in [0, 0.1) is 5.92 Å². The second-order valence-corrected chi connectivity index (χ2v) is 3.89. The van der Waals surface area contributed by atoms with E-state index in [4.69, 9.17) is 5.73 Å². The van der Waals surface area contributed by atoms with Gasteiger partial charge in [0.2, 0.25) is 0 Å². The molecule has 0 aromatic carbocycles. The monoisotopic (exact) mass is 171 g/mol. The van der Waals surface area contributed by atoms with E-state index in [-0.39, 0.29) is 0 Å². The van der Waals surface area contributed by atoms with Crippen LogP contribution in [0.15, 0.2) is 0 Å². The van der Waals surface area contributed by atoms with Gasteiger partial charge >= 0.3 is 0 Å². The van der Waals surface area contributed by atoms with Crippen molar-refractivity contribution in [3.63, 3.8) is 0 Å². The summed E-state index contributed by atoms with van der Waals surface area (Å²) in [5, 5.41) is 0. The van der Waals surface area contributed by atoms with Crippen molar-refractivity contribution in [1.29, 1.82) is 0 Å². The van der Waals surface area contributed by atoms with Gasteiger partial charge in [0.25, 0.3) is 0 Å². The van der Waals surface area contributed by atoms with E-state index in [1.807, 2.05) is 0 Å². The fourth-order valence-electron chi connectivity index (χ4n) is 1.53. The van der Waals surface area contributed by atoms with E-state index in [1.165, 1.54) is 44.9 Å². The summed E-state index contributed by atoms with van der Waals surface area (Å²) < 4.78 is 0. The minimum atomic E-state index is 0.844. The Morgan fingerprint density at radius 2 is 1.67 bits per heavy atom. The van der Waals surface area contributed by atoms with Gasteiger partial charge in [0.05, 0.1) is 0 Å². The lowest BCUT2D eigenvalue weighted by atomic mass is 9.99. The molecule has 0 saturated carbocycles. The first-order valence-corrected chi connectivity index (χ1v) is 5.51. The molecule has 0 unspecified atom stereocenters. The third-order valence-electron chi connectivity index (χ3n) is 2.46. The number of rotatable bonds is 8. The van der Waals surface area contributed by atoms with Gasteiger partial charge in [-0.05, 0) is 18.9 Å². The van der Waals surface area contributed by atoms with Gasteiger partial charge in [-0.2, -0.15) is 0 Å². The highest BCUT2D eigenvalue weighted by molar-refractivity contribution is 4.54. The molecule has 2 N–H and O–H groups in total. The average Bonchev–Trinajstić information content (AvgIpc) is 2.05. The van der Waals surface area contributed by atoms with Gasteiger partial charge in [0.15, 0.2) is 0 Å². The Balaban J connectivity index is 2.97. The molecular weight excluding hydrogens is 146 g/mol. The van der Waals surface area contributed by atoms with Crippen molar-refractivity contribution in [2.75, 3.05) is 6.54 Å². The summed E-state index contributed by atoms with van der Waals surface area (Å²) in [5.41, 5.74) is 5.48. The summed E-state index contributed by atoms with van der Waals surface area (Å²) in [5.74, 6) is 0.844. The normalized spacial score (nSPS) is 13.2. The zero-order valence-electron chi connectivity index (χ0n) is 8.81. The molecule has 74 valence electrons. The first-order valence-electron chi connectivity index (χ1n) is 5.51. The predicted molar refractivity (Wildman–Crippen MR) is 56.2 cm³/mol. The van der Waals surface area contributed by atoms with E-state index in [9.17, 15) is 0 Å². The minimum Gasteiger partial charge on any atom is -0.330 e. The van der Waals surface area contributed by atoms with Gasteiger partial charge in [-0.25, -0.2) is 0 Å². The van der Waals surface area contributed by atoms with Crippen LogP contribution >= 0.6 is 0 Å². The Morgan fingerprint density at radius 1 is 1.00 bits per heavy atom. The molecule has 0 amide bonds. The van der Waals surface area contributed by atoms with E-state index in [0.29, 0.717) is 0 Å². The Labute approximate surface area is 77.7 Å². The molecule has 0 spiro atoms. The van der Waals surface area contributed by atoms with Gasteiger partial charge in [0, 0.05) is 0 Å². The lowest BCUT2D eigenvalue weighted by Crippen LogP contribution is -2.05. The molecule has 0 fully saturated rings. The Bertz CT molecular complexity index is 81.1. The molecule has 0 aliphatic carbocycles. The summed E-state index contributed by atoms with van der Waals surface area (Å²) >= 11 is 0. The highest BCUT2D eigenvalue weighted by atomic mass is 14.5. The van der Waals surface area contributed by atoms with Crippen LogP contribution in [0.2, 0.25) is 0 Å². The fourth-order valence-corrected chi connectivity index (χ4v) is 1.53. The molecular formula is C11H25N. The summed E-state index contributed by atoms with van der Waals surface area (Å²) in [4.78, 5) is 0. The van der Waals surface area contributed by atoms with E-state index >= 15 is 0 Å². The van der Waals surface area contributed by atoms with Crippen LogP contribution in [0.5, 0.6) is 0 Å². The third-order valence-corrected chi connectivity index (χ3v) is 2.46. The zero-order chi connectivity index (χ0) is 9.23. The van der Waals surface area contributed by atoms with E-state index in [0.717, 1.165) is 12.5 Å². The average molecular weight is 171 g/mol. The molecule has 0 rings (SSSR count). The van der Waals surface area contributed by atoms with Crippen molar-refractivity contribution in [3.8, 4) is 0 Å². The van der Waals surface area contributed by atoms with Gasteiger partial charge in [-0.3, -0.25) is 0 Å². The molecule has 1 nitrogen and oxygen atoms in total. The van der Waals surface area contributed by atoms with Crippen LogP contribution in [0.4, 0.5) is 0 Å². The molecule has 12 heavy (non-hydrogen) atoms. The minimum absolute atomic E-state index is 0.844. The summed E-state index contributed by atoms with van der Waals surface area (Å²) in [6.07, 6.45) is 9.58. The molecule has 0 saturated heterocycles. The van der Waals surface area contributed by atoms with Gasteiger partial charge in [0.1, 0.15) is 0 Å². The van der Waals surface area contributed by atoms with Crippen LogP contribution in [-0.4, -0.2) is 6.54 Å². The van der Waals surface area contributed by atoms with Crippen LogP contribution < -0.4 is 5.73 Å². The number of unbranched alkanes of at least 4 members (excludes halogenated alkanes) is 4. The fraction of sp³-hybridized carbons (Fsp3) is 1.00. The first kappa shape index (κ1) is 12.0. The van der Waals surface area contributed by atoms with E-state index in [2.05, 4.69) is 13.8 Å². The highest BCUT2D eigenvalue weighted by Crippen LogP contribution is 2.13. The maximum Gasteiger partial charge on any atom is -0.00747 e. The Morgan fingerprint density at radius 3 is 2.25 bits per heavy atom. The largest absolute Gasteiger partial charge is 0.330 e. The van der Waals surface area contributed by atoms with Crippen molar-refractivity contribution < 1.29 is 0 Å². The predicted octanol–water partition coefficient (Wildman–Crippen LogP) is 3.33. The van der Waals surface area contributed by atoms with Gasteiger partial charge in [-0.1, -0.05) is 52.4 Å². The van der Waals surface area contributed by atoms with Crippen molar-refractivity contribution in [3.05, 3.63) is 0 Å². The lowest BCUT2D eigenvalue weighted by molar-refractivity contribution is 0.463. The Kier molecular flexibility index (Phi) is 9.02. The van der Waals surface area contributed by atoms with Crippen LogP contribution in [-0.2, 0) is 0 Å². The van der Waals surface area contributed by atoms with Crippen LogP contribution in [0.3, 0.4) is 0 Å². The van der Waals surface area contributed by atoms with Crippen molar-refractivity contribution >= 4 is 0 Å². The highest BCUT2D eigenvalue weighted by Gasteiger charge is 1.99. The molecule has 1 atom stereocenters. The molecule has 0 bridgehead atoms.